The van der Waals surface area contributed by atoms with Gasteiger partial charge in [0.25, 0.3) is 0 Å². The Bertz CT molecular complexity index is 1190. The summed E-state index contributed by atoms with van der Waals surface area (Å²) >= 11 is 0. The fourth-order valence-corrected chi connectivity index (χ4v) is 2.97. The largest absolute Gasteiger partial charge is 0.369 e. The lowest BCUT2D eigenvalue weighted by atomic mass is 10.1. The molecule has 0 spiro atoms. The molecule has 4 aromatic rings. The Hall–Kier alpha value is -3.52. The Morgan fingerprint density at radius 1 is 1.11 bits per heavy atom. The zero-order valence-electron chi connectivity index (χ0n) is 14.5. The van der Waals surface area contributed by atoms with Gasteiger partial charge in [-0.15, -0.1) is 0 Å². The molecule has 0 radical (unpaired) electrons. The maximum absolute atomic E-state index is 12.3. The molecule has 2 heterocycles. The van der Waals surface area contributed by atoms with Crippen molar-refractivity contribution in [3.63, 3.8) is 0 Å². The number of methoxy groups -OCH3 is 1. The van der Waals surface area contributed by atoms with Crippen LogP contribution in [0, 0.1) is 0 Å². The predicted molar refractivity (Wildman–Crippen MR) is 97.5 cm³/mol. The van der Waals surface area contributed by atoms with Crippen LogP contribution < -0.4 is 11.1 Å². The Kier molecular flexibility index (Phi) is 4.39. The average Bonchev–Trinajstić information content (AvgIpc) is 3.15. The van der Waals surface area contributed by atoms with Crippen molar-refractivity contribution in [3.8, 4) is 0 Å². The van der Waals surface area contributed by atoms with Gasteiger partial charge in [-0.05, 0) is 17.7 Å². The molecule has 0 aliphatic rings. The van der Waals surface area contributed by atoms with Crippen LogP contribution in [0.3, 0.4) is 0 Å². The molecule has 0 bridgehead atoms. The molecule has 8 nitrogen and oxygen atoms in total. The second kappa shape index (κ2) is 7.00. The third-order valence-electron chi connectivity index (χ3n) is 4.23. The summed E-state index contributed by atoms with van der Waals surface area (Å²) in [5, 5.41) is 3.98. The molecule has 0 saturated carbocycles. The molecule has 27 heavy (non-hydrogen) atoms. The molecule has 0 amide bonds. The molecule has 1 atom stereocenters. The lowest BCUT2D eigenvalue weighted by Crippen LogP contribution is -2.36. The van der Waals surface area contributed by atoms with E-state index in [4.69, 9.17) is 9.26 Å². The smallest absolute Gasteiger partial charge is 0.317 e. The van der Waals surface area contributed by atoms with Gasteiger partial charge in [0.15, 0.2) is 0 Å². The fourth-order valence-electron chi connectivity index (χ4n) is 2.97. The number of nitrogens with zero attached hydrogens (tertiary/aromatic N) is 3. The van der Waals surface area contributed by atoms with Gasteiger partial charge < -0.3 is 14.2 Å². The topological polar surface area (TPSA) is 103 Å². The van der Waals surface area contributed by atoms with Crippen molar-refractivity contribution in [2.75, 3.05) is 7.11 Å². The first-order valence-corrected chi connectivity index (χ1v) is 8.29. The number of nitrogens with one attached hydrogen (secondary N) is 1. The Morgan fingerprint density at radius 2 is 1.85 bits per heavy atom. The summed E-state index contributed by atoms with van der Waals surface area (Å²) in [6.45, 7) is -0.0124. The number of aromatic nitrogens is 4. The SMILES string of the molecule is COC(c1ccccc1)c1noc(Cn2c(=O)c(=O)[nH]c3ccccc32)n1. The minimum Gasteiger partial charge on any atom is -0.369 e. The molecule has 0 saturated heterocycles. The Balaban J connectivity index is 1.72. The van der Waals surface area contributed by atoms with E-state index in [1.54, 1.807) is 31.4 Å². The van der Waals surface area contributed by atoms with Crippen LogP contribution in [0.1, 0.15) is 23.4 Å². The number of rotatable bonds is 5. The van der Waals surface area contributed by atoms with Crippen LogP contribution in [0.5, 0.6) is 0 Å². The lowest BCUT2D eigenvalue weighted by Gasteiger charge is -2.10. The molecular weight excluding hydrogens is 348 g/mol. The zero-order valence-corrected chi connectivity index (χ0v) is 14.5. The predicted octanol–water partition coefficient (Wildman–Crippen LogP) is 1.86. The van der Waals surface area contributed by atoms with Gasteiger partial charge in [-0.25, -0.2) is 0 Å². The third kappa shape index (κ3) is 3.18. The van der Waals surface area contributed by atoms with Crippen LogP contribution in [0.25, 0.3) is 11.0 Å². The van der Waals surface area contributed by atoms with Gasteiger partial charge in [-0.2, -0.15) is 4.98 Å². The maximum Gasteiger partial charge on any atom is 0.317 e. The van der Waals surface area contributed by atoms with Crippen LogP contribution in [0.4, 0.5) is 0 Å². The number of hydrogen-bond donors (Lipinski definition) is 1. The number of aromatic amines is 1. The molecule has 0 aliphatic heterocycles. The van der Waals surface area contributed by atoms with Gasteiger partial charge >= 0.3 is 11.1 Å². The van der Waals surface area contributed by atoms with Crippen molar-refractivity contribution in [1.29, 1.82) is 0 Å². The fraction of sp³-hybridized carbons (Fsp3) is 0.158. The molecule has 4 rings (SSSR count). The van der Waals surface area contributed by atoms with Gasteiger partial charge in [0.1, 0.15) is 12.6 Å². The van der Waals surface area contributed by atoms with Gasteiger partial charge in [-0.3, -0.25) is 14.2 Å². The molecule has 2 aromatic carbocycles. The summed E-state index contributed by atoms with van der Waals surface area (Å²) in [5.74, 6) is 0.557. The van der Waals surface area contributed by atoms with Crippen LogP contribution in [-0.4, -0.2) is 26.8 Å². The molecule has 136 valence electrons. The minimum atomic E-state index is -0.701. The van der Waals surface area contributed by atoms with Gasteiger partial charge in [0.05, 0.1) is 11.0 Å². The summed E-state index contributed by atoms with van der Waals surface area (Å²) in [5.41, 5.74) is 0.632. The molecule has 0 fully saturated rings. The van der Waals surface area contributed by atoms with Crippen LogP contribution in [-0.2, 0) is 11.3 Å². The highest BCUT2D eigenvalue weighted by atomic mass is 16.5. The second-order valence-electron chi connectivity index (χ2n) is 5.94. The van der Waals surface area contributed by atoms with Crippen molar-refractivity contribution >= 4 is 11.0 Å². The van der Waals surface area contributed by atoms with E-state index in [2.05, 4.69) is 15.1 Å². The van der Waals surface area contributed by atoms with E-state index in [0.717, 1.165) is 5.56 Å². The summed E-state index contributed by atoms with van der Waals surface area (Å²) in [6, 6.07) is 16.5. The zero-order chi connectivity index (χ0) is 18.8. The Labute approximate surface area is 153 Å². The van der Waals surface area contributed by atoms with Gasteiger partial charge in [0, 0.05) is 7.11 Å². The van der Waals surface area contributed by atoms with E-state index in [0.29, 0.717) is 16.9 Å². The van der Waals surface area contributed by atoms with Crippen molar-refractivity contribution in [3.05, 3.63) is 92.6 Å². The normalized spacial score (nSPS) is 12.3. The Morgan fingerprint density at radius 3 is 2.63 bits per heavy atom. The van der Waals surface area contributed by atoms with E-state index in [-0.39, 0.29) is 12.4 Å². The van der Waals surface area contributed by atoms with Crippen LogP contribution in [0.15, 0.2) is 68.7 Å². The van der Waals surface area contributed by atoms with Crippen molar-refractivity contribution in [2.24, 2.45) is 0 Å². The van der Waals surface area contributed by atoms with Gasteiger partial charge in [0.2, 0.25) is 11.7 Å². The first kappa shape index (κ1) is 16.9. The highest BCUT2D eigenvalue weighted by Crippen LogP contribution is 2.22. The number of fused-ring (bicyclic) bond motifs is 1. The average molecular weight is 364 g/mol. The number of benzene rings is 2. The van der Waals surface area contributed by atoms with E-state index in [9.17, 15) is 9.59 Å². The molecule has 8 heteroatoms. The second-order valence-corrected chi connectivity index (χ2v) is 5.94. The summed E-state index contributed by atoms with van der Waals surface area (Å²) in [4.78, 5) is 31.1. The minimum absolute atomic E-state index is 0.0124. The van der Waals surface area contributed by atoms with E-state index >= 15 is 0 Å². The lowest BCUT2D eigenvalue weighted by molar-refractivity contribution is 0.126. The molecule has 0 aliphatic carbocycles. The quantitative estimate of drug-likeness (QED) is 0.542. The number of ether oxygens (including phenoxy) is 1. The van der Waals surface area contributed by atoms with Crippen LogP contribution in [0.2, 0.25) is 0 Å². The monoisotopic (exact) mass is 364 g/mol. The standard InChI is InChI=1S/C19H16N4O4/c1-26-16(12-7-3-2-4-8-12)17-21-15(27-22-17)11-23-14-10-6-5-9-13(14)20-18(24)19(23)25/h2-10,16H,11H2,1H3,(H,20,24). The van der Waals surface area contributed by atoms with E-state index in [1.165, 1.54) is 4.57 Å². The highest BCUT2D eigenvalue weighted by Gasteiger charge is 2.20. The van der Waals surface area contributed by atoms with Crippen molar-refractivity contribution < 1.29 is 9.26 Å². The number of para-hydroxylation sites is 2. The summed E-state index contributed by atoms with van der Waals surface area (Å²) in [6.07, 6.45) is -0.489. The summed E-state index contributed by atoms with van der Waals surface area (Å²) in [7, 11) is 1.56. The molecule has 2 aromatic heterocycles. The van der Waals surface area contributed by atoms with E-state index < -0.39 is 17.2 Å². The first-order chi connectivity index (χ1) is 13.2. The molecule has 1 N–H and O–H groups in total. The van der Waals surface area contributed by atoms with Gasteiger partial charge in [-0.1, -0.05) is 47.6 Å². The van der Waals surface area contributed by atoms with Crippen molar-refractivity contribution in [1.82, 2.24) is 19.7 Å². The third-order valence-corrected chi connectivity index (χ3v) is 4.23. The molecule has 1 unspecified atom stereocenters. The van der Waals surface area contributed by atoms with Crippen molar-refractivity contribution in [2.45, 2.75) is 12.6 Å². The maximum atomic E-state index is 12.3. The van der Waals surface area contributed by atoms with Crippen LogP contribution >= 0.6 is 0 Å². The number of H-pyrrole nitrogens is 1. The first-order valence-electron chi connectivity index (χ1n) is 8.29. The number of hydrogen-bond acceptors (Lipinski definition) is 6. The highest BCUT2D eigenvalue weighted by molar-refractivity contribution is 5.74. The summed E-state index contributed by atoms with van der Waals surface area (Å²) < 4.78 is 12.1. The molecular formula is C19H16N4O4. The van der Waals surface area contributed by atoms with E-state index in [1.807, 2.05) is 30.3 Å².